The summed E-state index contributed by atoms with van der Waals surface area (Å²) in [5, 5.41) is 3.35. The highest BCUT2D eigenvalue weighted by molar-refractivity contribution is 5.33. The van der Waals surface area contributed by atoms with E-state index >= 15 is 0 Å². The molecule has 0 fully saturated rings. The molecule has 0 bridgehead atoms. The molecule has 2 nitrogen and oxygen atoms in total. The minimum Gasteiger partial charge on any atom is -0.313 e. The fraction of sp³-hybridized carbons (Fsp3) is 0.312. The van der Waals surface area contributed by atoms with Crippen LogP contribution in [-0.4, -0.2) is 11.5 Å². The van der Waals surface area contributed by atoms with Gasteiger partial charge in [-0.1, -0.05) is 31.2 Å². The first-order chi connectivity index (χ1) is 8.79. The highest BCUT2D eigenvalue weighted by atomic mass is 14.8. The molecule has 0 saturated carbocycles. The van der Waals surface area contributed by atoms with Gasteiger partial charge < -0.3 is 5.32 Å². The summed E-state index contributed by atoms with van der Waals surface area (Å²) in [6.45, 7) is 6.26. The van der Waals surface area contributed by atoms with Crippen molar-refractivity contribution >= 4 is 0 Å². The molecule has 94 valence electrons. The molecular formula is C16H20N2. The Kier molecular flexibility index (Phi) is 4.48. The maximum absolute atomic E-state index is 4.37. The predicted molar refractivity (Wildman–Crippen MR) is 75.6 cm³/mol. The van der Waals surface area contributed by atoms with E-state index in [1.54, 1.807) is 0 Å². The van der Waals surface area contributed by atoms with Crippen LogP contribution in [0.1, 0.15) is 29.3 Å². The third kappa shape index (κ3) is 3.41. The second-order valence-corrected chi connectivity index (χ2v) is 4.54. The van der Waals surface area contributed by atoms with E-state index < -0.39 is 0 Å². The largest absolute Gasteiger partial charge is 0.313 e. The van der Waals surface area contributed by atoms with Crippen LogP contribution >= 0.6 is 0 Å². The molecule has 2 rings (SSSR count). The molecule has 2 heteroatoms. The zero-order chi connectivity index (χ0) is 12.8. The molecule has 0 atom stereocenters. The highest BCUT2D eigenvalue weighted by Gasteiger charge is 2.02. The van der Waals surface area contributed by atoms with Crippen LogP contribution in [0.4, 0.5) is 0 Å². The summed E-state index contributed by atoms with van der Waals surface area (Å²) in [5.74, 6) is 0. The lowest BCUT2D eigenvalue weighted by atomic mass is 10.0. The molecule has 2 aromatic rings. The van der Waals surface area contributed by atoms with Gasteiger partial charge in [-0.25, -0.2) is 0 Å². The second-order valence-electron chi connectivity index (χ2n) is 4.54. The molecule has 0 aliphatic carbocycles. The van der Waals surface area contributed by atoms with Crippen LogP contribution < -0.4 is 5.32 Å². The van der Waals surface area contributed by atoms with Gasteiger partial charge >= 0.3 is 0 Å². The summed E-state index contributed by atoms with van der Waals surface area (Å²) in [5.41, 5.74) is 5.17. The first kappa shape index (κ1) is 12.8. The predicted octanol–water partition coefficient (Wildman–Crippen LogP) is 3.09. The molecule has 1 heterocycles. The number of aryl methyl sites for hydroxylation is 1. The quantitative estimate of drug-likeness (QED) is 0.868. The lowest BCUT2D eigenvalue weighted by Gasteiger charge is -2.09. The van der Waals surface area contributed by atoms with E-state index in [0.717, 1.165) is 25.2 Å². The zero-order valence-corrected chi connectivity index (χ0v) is 11.1. The molecule has 0 radical (unpaired) electrons. The van der Waals surface area contributed by atoms with Gasteiger partial charge in [0, 0.05) is 24.9 Å². The lowest BCUT2D eigenvalue weighted by Crippen LogP contribution is -2.11. The van der Waals surface area contributed by atoms with Crippen LogP contribution in [0.25, 0.3) is 0 Å². The summed E-state index contributed by atoms with van der Waals surface area (Å²) < 4.78 is 0. The highest BCUT2D eigenvalue weighted by Crippen LogP contribution is 2.14. The number of aromatic nitrogens is 1. The van der Waals surface area contributed by atoms with Gasteiger partial charge in [-0.15, -0.1) is 0 Å². The SMILES string of the molecule is CCNCc1ccc(Cc2ccccn2)c(C)c1. The van der Waals surface area contributed by atoms with Crippen molar-refractivity contribution in [3.8, 4) is 0 Å². The average Bonchev–Trinajstić information content (AvgIpc) is 2.40. The summed E-state index contributed by atoms with van der Waals surface area (Å²) >= 11 is 0. The molecule has 0 aliphatic heterocycles. The number of nitrogens with zero attached hydrogens (tertiary/aromatic N) is 1. The zero-order valence-electron chi connectivity index (χ0n) is 11.1. The van der Waals surface area contributed by atoms with Gasteiger partial charge in [0.2, 0.25) is 0 Å². The topological polar surface area (TPSA) is 24.9 Å². The van der Waals surface area contributed by atoms with E-state index in [1.165, 1.54) is 16.7 Å². The number of rotatable bonds is 5. The van der Waals surface area contributed by atoms with Crippen molar-refractivity contribution in [3.05, 3.63) is 65.0 Å². The second kappa shape index (κ2) is 6.31. The Balaban J connectivity index is 2.10. The summed E-state index contributed by atoms with van der Waals surface area (Å²) in [6, 6.07) is 12.8. The van der Waals surface area contributed by atoms with Crippen molar-refractivity contribution < 1.29 is 0 Å². The Bertz CT molecular complexity index is 492. The molecule has 0 spiro atoms. The van der Waals surface area contributed by atoms with E-state index in [0.29, 0.717) is 0 Å². The molecule has 0 aliphatic rings. The minimum atomic E-state index is 0.911. The van der Waals surface area contributed by atoms with Gasteiger partial charge in [-0.2, -0.15) is 0 Å². The Morgan fingerprint density at radius 1 is 1.17 bits per heavy atom. The van der Waals surface area contributed by atoms with E-state index in [9.17, 15) is 0 Å². The van der Waals surface area contributed by atoms with Crippen LogP contribution in [0.5, 0.6) is 0 Å². The number of pyridine rings is 1. The molecule has 1 aromatic heterocycles. The number of benzene rings is 1. The molecule has 0 amide bonds. The van der Waals surface area contributed by atoms with E-state index in [4.69, 9.17) is 0 Å². The van der Waals surface area contributed by atoms with Crippen molar-refractivity contribution in [3.63, 3.8) is 0 Å². The van der Waals surface area contributed by atoms with Gasteiger partial charge in [-0.3, -0.25) is 4.98 Å². The van der Waals surface area contributed by atoms with Crippen molar-refractivity contribution in [2.75, 3.05) is 6.54 Å². The summed E-state index contributed by atoms with van der Waals surface area (Å²) in [6.07, 6.45) is 2.76. The molecule has 1 aromatic carbocycles. The summed E-state index contributed by atoms with van der Waals surface area (Å²) in [4.78, 5) is 4.37. The van der Waals surface area contributed by atoms with Gasteiger partial charge in [0.05, 0.1) is 0 Å². The van der Waals surface area contributed by atoms with Crippen molar-refractivity contribution in [2.24, 2.45) is 0 Å². The minimum absolute atomic E-state index is 0.911. The van der Waals surface area contributed by atoms with E-state index in [-0.39, 0.29) is 0 Å². The monoisotopic (exact) mass is 240 g/mol. The number of nitrogens with one attached hydrogen (secondary N) is 1. The van der Waals surface area contributed by atoms with Crippen LogP contribution in [0, 0.1) is 6.92 Å². The fourth-order valence-corrected chi connectivity index (χ4v) is 2.03. The van der Waals surface area contributed by atoms with Crippen LogP contribution in [0.15, 0.2) is 42.6 Å². The van der Waals surface area contributed by atoms with Crippen LogP contribution in [0.2, 0.25) is 0 Å². The first-order valence-electron chi connectivity index (χ1n) is 6.48. The fourth-order valence-electron chi connectivity index (χ4n) is 2.03. The molecule has 18 heavy (non-hydrogen) atoms. The first-order valence-corrected chi connectivity index (χ1v) is 6.48. The van der Waals surface area contributed by atoms with E-state index in [2.05, 4.69) is 48.4 Å². The third-order valence-electron chi connectivity index (χ3n) is 3.08. The Hall–Kier alpha value is -1.67. The molecule has 0 unspecified atom stereocenters. The summed E-state index contributed by atoms with van der Waals surface area (Å²) in [7, 11) is 0. The van der Waals surface area contributed by atoms with E-state index in [1.807, 2.05) is 18.3 Å². The molecule has 0 saturated heterocycles. The van der Waals surface area contributed by atoms with Gasteiger partial charge in [0.25, 0.3) is 0 Å². The van der Waals surface area contributed by atoms with Gasteiger partial charge in [0.1, 0.15) is 0 Å². The number of hydrogen-bond acceptors (Lipinski definition) is 2. The Morgan fingerprint density at radius 3 is 2.72 bits per heavy atom. The Labute approximate surface area is 109 Å². The van der Waals surface area contributed by atoms with Crippen LogP contribution in [0.3, 0.4) is 0 Å². The normalized spacial score (nSPS) is 10.6. The average molecular weight is 240 g/mol. The lowest BCUT2D eigenvalue weighted by molar-refractivity contribution is 0.726. The number of hydrogen-bond donors (Lipinski definition) is 1. The Morgan fingerprint density at radius 2 is 2.06 bits per heavy atom. The van der Waals surface area contributed by atoms with Gasteiger partial charge in [-0.05, 0) is 42.3 Å². The van der Waals surface area contributed by atoms with Crippen molar-refractivity contribution in [1.82, 2.24) is 10.3 Å². The standard InChI is InChI=1S/C16H20N2/c1-3-17-12-14-7-8-15(13(2)10-14)11-16-6-4-5-9-18-16/h4-10,17H,3,11-12H2,1-2H3. The van der Waals surface area contributed by atoms with Gasteiger partial charge in [0.15, 0.2) is 0 Å². The molecular weight excluding hydrogens is 220 g/mol. The third-order valence-corrected chi connectivity index (χ3v) is 3.08. The smallest absolute Gasteiger partial charge is 0.0447 e. The maximum Gasteiger partial charge on any atom is 0.0447 e. The van der Waals surface area contributed by atoms with Crippen molar-refractivity contribution in [1.29, 1.82) is 0 Å². The maximum atomic E-state index is 4.37. The molecule has 1 N–H and O–H groups in total. The van der Waals surface area contributed by atoms with Crippen molar-refractivity contribution in [2.45, 2.75) is 26.8 Å². The van der Waals surface area contributed by atoms with Crippen LogP contribution in [-0.2, 0) is 13.0 Å².